The molecule has 0 aliphatic carbocycles. The fraction of sp³-hybridized carbons (Fsp3) is 0.636. The first-order valence-corrected chi connectivity index (χ1v) is 5.54. The van der Waals surface area contributed by atoms with E-state index in [1.807, 2.05) is 6.92 Å². The third kappa shape index (κ3) is 5.91. The molecule has 0 atom stereocenters. The molecule has 0 radical (unpaired) electrons. The highest BCUT2D eigenvalue weighted by Gasteiger charge is 2.20. The Balaban J connectivity index is 4.53. The van der Waals surface area contributed by atoms with E-state index in [0.29, 0.717) is 19.5 Å². The summed E-state index contributed by atoms with van der Waals surface area (Å²) in [6, 6.07) is -0.344. The lowest BCUT2D eigenvalue weighted by molar-refractivity contribution is -0.137. The lowest BCUT2D eigenvalue weighted by Crippen LogP contribution is -2.45. The molecule has 0 aliphatic rings. The fourth-order valence-electron chi connectivity index (χ4n) is 1.38. The van der Waals surface area contributed by atoms with Gasteiger partial charge in [-0.1, -0.05) is 6.08 Å². The highest BCUT2D eigenvalue weighted by atomic mass is 16.4. The molecule has 0 aromatic rings. The summed E-state index contributed by atoms with van der Waals surface area (Å²) in [5.41, 5.74) is 0. The standard InChI is InChI=1S/C11H20N2O4/c1-3-6-13(9-10(15)16)11(17)12(4-2)7-5-8-14/h3,14H,1,4-9H2,2H3,(H,15,16). The van der Waals surface area contributed by atoms with Crippen molar-refractivity contribution in [1.82, 2.24) is 9.80 Å². The summed E-state index contributed by atoms with van der Waals surface area (Å²) in [5.74, 6) is -1.06. The molecule has 0 heterocycles. The van der Waals surface area contributed by atoms with Crippen LogP contribution in [0.15, 0.2) is 12.7 Å². The maximum absolute atomic E-state index is 12.0. The Labute approximate surface area is 101 Å². The number of hydrogen-bond donors (Lipinski definition) is 2. The van der Waals surface area contributed by atoms with Crippen molar-refractivity contribution >= 4 is 12.0 Å². The van der Waals surface area contributed by atoms with Crippen LogP contribution in [0.2, 0.25) is 0 Å². The minimum Gasteiger partial charge on any atom is -0.480 e. The largest absolute Gasteiger partial charge is 0.480 e. The van der Waals surface area contributed by atoms with Crippen LogP contribution in [0.1, 0.15) is 13.3 Å². The zero-order chi connectivity index (χ0) is 13.3. The predicted molar refractivity (Wildman–Crippen MR) is 63.8 cm³/mol. The summed E-state index contributed by atoms with van der Waals surface area (Å²) in [5, 5.41) is 17.4. The Morgan fingerprint density at radius 1 is 1.35 bits per heavy atom. The van der Waals surface area contributed by atoms with Crippen LogP contribution in [0.25, 0.3) is 0 Å². The maximum atomic E-state index is 12.0. The van der Waals surface area contributed by atoms with Crippen LogP contribution in [0.4, 0.5) is 4.79 Å². The molecule has 0 aromatic heterocycles. The Bertz CT molecular complexity index is 268. The van der Waals surface area contributed by atoms with Crippen molar-refractivity contribution in [2.24, 2.45) is 0 Å². The van der Waals surface area contributed by atoms with Gasteiger partial charge in [-0.2, -0.15) is 0 Å². The highest BCUT2D eigenvalue weighted by molar-refractivity contribution is 5.80. The quantitative estimate of drug-likeness (QED) is 0.605. The van der Waals surface area contributed by atoms with Crippen LogP contribution >= 0.6 is 0 Å². The first kappa shape index (κ1) is 15.4. The number of aliphatic hydroxyl groups excluding tert-OH is 1. The number of rotatable bonds is 8. The summed E-state index contributed by atoms with van der Waals surface area (Å²) in [6.45, 7) is 6.05. The van der Waals surface area contributed by atoms with Crippen LogP contribution in [0.5, 0.6) is 0 Å². The summed E-state index contributed by atoms with van der Waals surface area (Å²) < 4.78 is 0. The van der Waals surface area contributed by atoms with E-state index in [1.54, 1.807) is 0 Å². The van der Waals surface area contributed by atoms with Gasteiger partial charge in [-0.25, -0.2) is 4.79 Å². The van der Waals surface area contributed by atoms with Crippen molar-refractivity contribution in [2.45, 2.75) is 13.3 Å². The number of aliphatic carboxylic acids is 1. The van der Waals surface area contributed by atoms with Gasteiger partial charge in [0, 0.05) is 26.2 Å². The average molecular weight is 244 g/mol. The van der Waals surface area contributed by atoms with Crippen LogP contribution < -0.4 is 0 Å². The minimum atomic E-state index is -1.06. The zero-order valence-corrected chi connectivity index (χ0v) is 10.1. The first-order chi connectivity index (χ1) is 8.06. The molecule has 0 aromatic carbocycles. The minimum absolute atomic E-state index is 0.00414. The van der Waals surface area contributed by atoms with Crippen molar-refractivity contribution in [3.05, 3.63) is 12.7 Å². The molecule has 0 bridgehead atoms. The van der Waals surface area contributed by atoms with Crippen LogP contribution in [0, 0.1) is 0 Å². The summed E-state index contributed by atoms with van der Waals surface area (Å²) in [6.07, 6.45) is 1.97. The van der Waals surface area contributed by atoms with E-state index in [0.717, 1.165) is 0 Å². The summed E-state index contributed by atoms with van der Waals surface area (Å²) in [4.78, 5) is 25.3. The monoisotopic (exact) mass is 244 g/mol. The Morgan fingerprint density at radius 2 is 2.00 bits per heavy atom. The smallest absolute Gasteiger partial charge is 0.323 e. The van der Waals surface area contributed by atoms with Crippen LogP contribution in [-0.2, 0) is 4.79 Å². The Hall–Kier alpha value is -1.56. The second-order valence-electron chi connectivity index (χ2n) is 3.50. The maximum Gasteiger partial charge on any atom is 0.323 e. The normalized spacial score (nSPS) is 9.76. The number of nitrogens with zero attached hydrogens (tertiary/aromatic N) is 2. The second kappa shape index (κ2) is 8.58. The van der Waals surface area contributed by atoms with Gasteiger partial charge >= 0.3 is 12.0 Å². The molecule has 98 valence electrons. The molecule has 6 heteroatoms. The zero-order valence-electron chi connectivity index (χ0n) is 10.1. The predicted octanol–water partition coefficient (Wildman–Crippen LogP) is 0.383. The van der Waals surface area contributed by atoms with E-state index < -0.39 is 5.97 Å². The van der Waals surface area contributed by atoms with Crippen molar-refractivity contribution in [1.29, 1.82) is 0 Å². The van der Waals surface area contributed by atoms with E-state index in [1.165, 1.54) is 15.9 Å². The van der Waals surface area contributed by atoms with Gasteiger partial charge in [-0.05, 0) is 13.3 Å². The number of carboxylic acids is 1. The van der Waals surface area contributed by atoms with Gasteiger partial charge in [0.05, 0.1) is 0 Å². The van der Waals surface area contributed by atoms with E-state index in [9.17, 15) is 9.59 Å². The number of urea groups is 1. The van der Waals surface area contributed by atoms with Gasteiger partial charge in [-0.3, -0.25) is 4.79 Å². The molecule has 0 saturated heterocycles. The Morgan fingerprint density at radius 3 is 2.41 bits per heavy atom. The van der Waals surface area contributed by atoms with Crippen molar-refractivity contribution < 1.29 is 19.8 Å². The molecule has 2 N–H and O–H groups in total. The number of carbonyl (C=O) groups is 2. The summed E-state index contributed by atoms with van der Waals surface area (Å²) >= 11 is 0. The molecule has 0 fully saturated rings. The molecule has 6 nitrogen and oxygen atoms in total. The molecule has 0 unspecified atom stereocenters. The van der Waals surface area contributed by atoms with Gasteiger partial charge in [0.25, 0.3) is 0 Å². The number of carbonyl (C=O) groups excluding carboxylic acids is 1. The number of hydrogen-bond acceptors (Lipinski definition) is 3. The molecule has 0 saturated carbocycles. The van der Waals surface area contributed by atoms with Crippen molar-refractivity contribution in [3.8, 4) is 0 Å². The second-order valence-corrected chi connectivity index (χ2v) is 3.50. The third-order valence-electron chi connectivity index (χ3n) is 2.18. The number of carboxylic acid groups (broad SMARTS) is 1. The molecule has 0 rings (SSSR count). The molecule has 2 amide bonds. The number of amides is 2. The van der Waals surface area contributed by atoms with Gasteiger partial charge in [0.1, 0.15) is 6.54 Å². The first-order valence-electron chi connectivity index (χ1n) is 5.54. The van der Waals surface area contributed by atoms with Crippen LogP contribution in [-0.4, -0.2) is 64.8 Å². The molecular weight excluding hydrogens is 224 g/mol. The van der Waals surface area contributed by atoms with Gasteiger partial charge in [0.15, 0.2) is 0 Å². The lowest BCUT2D eigenvalue weighted by atomic mass is 10.4. The molecular formula is C11H20N2O4. The molecule has 17 heavy (non-hydrogen) atoms. The van der Waals surface area contributed by atoms with E-state index in [2.05, 4.69) is 6.58 Å². The third-order valence-corrected chi connectivity index (χ3v) is 2.18. The van der Waals surface area contributed by atoms with E-state index in [4.69, 9.17) is 10.2 Å². The van der Waals surface area contributed by atoms with Crippen molar-refractivity contribution in [2.75, 3.05) is 32.8 Å². The molecule has 0 aliphatic heterocycles. The highest BCUT2D eigenvalue weighted by Crippen LogP contribution is 2.01. The summed E-state index contributed by atoms with van der Waals surface area (Å²) in [7, 11) is 0. The van der Waals surface area contributed by atoms with Gasteiger partial charge in [0.2, 0.25) is 0 Å². The average Bonchev–Trinajstić information content (AvgIpc) is 2.28. The van der Waals surface area contributed by atoms with Gasteiger partial charge < -0.3 is 20.0 Å². The fourth-order valence-corrected chi connectivity index (χ4v) is 1.38. The Kier molecular flexibility index (Phi) is 7.79. The topological polar surface area (TPSA) is 81.1 Å². The van der Waals surface area contributed by atoms with E-state index in [-0.39, 0.29) is 25.7 Å². The molecule has 0 spiro atoms. The van der Waals surface area contributed by atoms with Crippen molar-refractivity contribution in [3.63, 3.8) is 0 Å². The number of aliphatic hydroxyl groups is 1. The lowest BCUT2D eigenvalue weighted by Gasteiger charge is -2.28. The van der Waals surface area contributed by atoms with Crippen LogP contribution in [0.3, 0.4) is 0 Å². The van der Waals surface area contributed by atoms with Gasteiger partial charge in [-0.15, -0.1) is 6.58 Å². The van der Waals surface area contributed by atoms with E-state index >= 15 is 0 Å². The SMILES string of the molecule is C=CCN(CC(=O)O)C(=O)N(CC)CCCO.